The Morgan fingerprint density at radius 3 is 2.32 bits per heavy atom. The number of amides is 1. The summed E-state index contributed by atoms with van der Waals surface area (Å²) in [5.74, 6) is -2.94. The number of piperazine rings is 1. The highest BCUT2D eigenvalue weighted by Crippen LogP contribution is 2.47. The Kier molecular flexibility index (Phi) is 7.60. The number of carbonyl (C=O) groups is 2. The van der Waals surface area contributed by atoms with Crippen molar-refractivity contribution < 1.29 is 28.2 Å². The number of fused-ring (bicyclic) bond motifs is 1. The van der Waals surface area contributed by atoms with Crippen molar-refractivity contribution in [3.8, 4) is 22.7 Å². The molecule has 7 rings (SSSR count). The molecule has 14 heteroatoms. The van der Waals surface area contributed by atoms with E-state index in [4.69, 9.17) is 0 Å². The number of anilines is 1. The van der Waals surface area contributed by atoms with Gasteiger partial charge in [0.15, 0.2) is 23.0 Å². The third-order valence-electron chi connectivity index (χ3n) is 9.18. The van der Waals surface area contributed by atoms with Gasteiger partial charge in [0.2, 0.25) is 5.91 Å². The van der Waals surface area contributed by atoms with Crippen LogP contribution in [0.3, 0.4) is 0 Å². The van der Waals surface area contributed by atoms with Crippen LogP contribution in [-0.2, 0) is 9.59 Å². The van der Waals surface area contributed by atoms with Crippen LogP contribution >= 0.6 is 0 Å². The minimum atomic E-state index is -1.12. The molecule has 3 aromatic heterocycles. The SMILES string of the molecule is CC(=O)CCC(=O)N1CCN(c2nc(=O)n(-c3c(C4CC4)ncnc3C3CC3)c3c2cc(F)c(-c2c(O)cccc2F)[n+]3[O-])[C@@H](C)C1. The number of carbonyl (C=O) groups excluding carboxylic acids is 2. The normalized spacial score (nSPS) is 18.2. The summed E-state index contributed by atoms with van der Waals surface area (Å²) in [6, 6.07) is 4.02. The van der Waals surface area contributed by atoms with Crippen molar-refractivity contribution in [2.24, 2.45) is 0 Å². The first-order valence-corrected chi connectivity index (χ1v) is 15.8. The second kappa shape index (κ2) is 11.7. The third-order valence-corrected chi connectivity index (χ3v) is 9.18. The van der Waals surface area contributed by atoms with Crippen molar-refractivity contribution >= 4 is 28.5 Å². The van der Waals surface area contributed by atoms with Gasteiger partial charge in [-0.3, -0.25) is 4.79 Å². The highest BCUT2D eigenvalue weighted by molar-refractivity contribution is 5.89. The van der Waals surface area contributed by atoms with Crippen LogP contribution < -0.4 is 15.3 Å². The van der Waals surface area contributed by atoms with E-state index in [0.717, 1.165) is 48.4 Å². The molecular formula is C33H33F2N7O5. The van der Waals surface area contributed by atoms with Gasteiger partial charge in [0, 0.05) is 50.4 Å². The summed E-state index contributed by atoms with van der Waals surface area (Å²) in [5.41, 5.74) is -1.04. The monoisotopic (exact) mass is 645 g/mol. The largest absolute Gasteiger partial charge is 0.710 e. The lowest BCUT2D eigenvalue weighted by Crippen LogP contribution is -2.54. The standard InChI is InChI=1S/C33H33F2N7O5/c1-17-15-39(25(45)11-6-18(2)43)12-13-40(17)31-21-14-23(35)29(26-22(34)4-3-5-24(26)44)42(47)32(21)41(33(46)38-31)30-27(19-7-8-19)36-16-37-28(30)20-9-10-20/h3-5,14,16-17,19-20,44H,6-13,15H2,1-2H3/t17-/m0/s1. The van der Waals surface area contributed by atoms with Crippen LogP contribution in [-0.4, -0.2) is 66.9 Å². The van der Waals surface area contributed by atoms with E-state index in [0.29, 0.717) is 17.1 Å². The Hall–Kier alpha value is -5.01. The summed E-state index contributed by atoms with van der Waals surface area (Å²) in [5, 5.41) is 25.0. The van der Waals surface area contributed by atoms with E-state index in [2.05, 4.69) is 15.0 Å². The van der Waals surface area contributed by atoms with Crippen LogP contribution in [0.4, 0.5) is 14.6 Å². The fraction of sp³-hybridized carbons (Fsp3) is 0.424. The van der Waals surface area contributed by atoms with Crippen molar-refractivity contribution in [2.45, 2.75) is 70.3 Å². The van der Waals surface area contributed by atoms with Crippen molar-refractivity contribution in [3.63, 3.8) is 0 Å². The number of phenols is 1. The van der Waals surface area contributed by atoms with Gasteiger partial charge in [-0.25, -0.2) is 28.3 Å². The molecule has 4 aromatic rings. The molecule has 47 heavy (non-hydrogen) atoms. The maximum atomic E-state index is 16.1. The van der Waals surface area contributed by atoms with Gasteiger partial charge >= 0.3 is 11.3 Å². The number of aromatic hydroxyl groups is 1. The molecule has 0 unspecified atom stereocenters. The van der Waals surface area contributed by atoms with Crippen molar-refractivity contribution in [1.82, 2.24) is 24.4 Å². The average Bonchev–Trinajstić information content (AvgIpc) is 3.95. The molecular weight excluding hydrogens is 612 g/mol. The summed E-state index contributed by atoms with van der Waals surface area (Å²) in [7, 11) is 0. The Balaban J connectivity index is 1.45. The average molecular weight is 646 g/mol. The molecule has 1 N–H and O–H groups in total. The quantitative estimate of drug-likeness (QED) is 0.224. The number of aromatic nitrogens is 5. The molecule has 3 aliphatic rings. The number of ketones is 1. The number of benzene rings is 1. The molecule has 244 valence electrons. The highest BCUT2D eigenvalue weighted by atomic mass is 19.1. The summed E-state index contributed by atoms with van der Waals surface area (Å²) < 4.78 is 32.5. The second-order valence-electron chi connectivity index (χ2n) is 12.7. The molecule has 0 spiro atoms. The maximum Gasteiger partial charge on any atom is 0.442 e. The first-order valence-electron chi connectivity index (χ1n) is 15.8. The number of hydrogen-bond donors (Lipinski definition) is 1. The van der Waals surface area contributed by atoms with Crippen LogP contribution in [0.5, 0.6) is 5.75 Å². The van der Waals surface area contributed by atoms with Gasteiger partial charge in [-0.15, -0.1) is 4.57 Å². The lowest BCUT2D eigenvalue weighted by Gasteiger charge is -2.40. The fourth-order valence-corrected chi connectivity index (χ4v) is 6.51. The smallest absolute Gasteiger partial charge is 0.442 e. The van der Waals surface area contributed by atoms with Gasteiger partial charge in [0.05, 0.1) is 11.4 Å². The van der Waals surface area contributed by atoms with Crippen LogP contribution in [0.1, 0.15) is 75.6 Å². The topological polar surface area (TPSA) is 148 Å². The van der Waals surface area contributed by atoms with Crippen molar-refractivity contribution in [1.29, 1.82) is 0 Å². The zero-order valence-electron chi connectivity index (χ0n) is 25.9. The number of rotatable bonds is 8. The van der Waals surface area contributed by atoms with E-state index in [-0.39, 0.29) is 77.6 Å². The predicted octanol–water partition coefficient (Wildman–Crippen LogP) is 3.62. The Labute approximate surface area is 267 Å². The van der Waals surface area contributed by atoms with Gasteiger partial charge < -0.3 is 24.9 Å². The number of hydrogen-bond acceptors (Lipinski definition) is 9. The van der Waals surface area contributed by atoms with Gasteiger partial charge in [-0.05, 0) is 57.7 Å². The molecule has 3 fully saturated rings. The van der Waals surface area contributed by atoms with Crippen LogP contribution in [0.25, 0.3) is 28.0 Å². The maximum absolute atomic E-state index is 16.1. The molecule has 4 heterocycles. The molecule has 1 aromatic carbocycles. The van der Waals surface area contributed by atoms with Gasteiger partial charge in [0.25, 0.3) is 0 Å². The summed E-state index contributed by atoms with van der Waals surface area (Å²) >= 11 is 0. The van der Waals surface area contributed by atoms with E-state index >= 15 is 8.78 Å². The van der Waals surface area contributed by atoms with Crippen LogP contribution in [0.15, 0.2) is 35.4 Å². The van der Waals surface area contributed by atoms with Crippen molar-refractivity contribution in [3.05, 3.63) is 69.3 Å². The molecule has 2 aliphatic carbocycles. The van der Waals surface area contributed by atoms with E-state index in [1.807, 2.05) is 6.92 Å². The zero-order chi connectivity index (χ0) is 33.1. The number of Topliss-reactive ketones (excluding diaryl/α,β-unsaturated/α-hetero) is 1. The second-order valence-corrected chi connectivity index (χ2v) is 12.7. The Bertz CT molecular complexity index is 1960. The molecule has 1 saturated heterocycles. The predicted molar refractivity (Wildman–Crippen MR) is 166 cm³/mol. The minimum Gasteiger partial charge on any atom is -0.710 e. The first-order chi connectivity index (χ1) is 22.5. The van der Waals surface area contributed by atoms with Gasteiger partial charge in [0.1, 0.15) is 34.6 Å². The number of pyridine rings is 1. The van der Waals surface area contributed by atoms with Gasteiger partial charge in [-0.2, -0.15) is 4.98 Å². The number of nitrogens with zero attached hydrogens (tertiary/aromatic N) is 7. The minimum absolute atomic E-state index is 0.00719. The number of phenolic OH excluding ortho intramolecular Hbond substituents is 1. The molecule has 0 bridgehead atoms. The molecule has 1 aliphatic heterocycles. The van der Waals surface area contributed by atoms with Gasteiger partial charge in [-0.1, -0.05) is 6.07 Å². The molecule has 1 atom stereocenters. The first kappa shape index (κ1) is 30.6. The van der Waals surface area contributed by atoms with Crippen molar-refractivity contribution in [2.75, 3.05) is 24.5 Å². The summed E-state index contributed by atoms with van der Waals surface area (Å²) in [6.07, 6.45) is 5.00. The lowest BCUT2D eigenvalue weighted by atomic mass is 10.1. The fourth-order valence-electron chi connectivity index (χ4n) is 6.51. The number of halogens is 2. The molecule has 2 saturated carbocycles. The molecule has 0 radical (unpaired) electrons. The lowest BCUT2D eigenvalue weighted by molar-refractivity contribution is -0.569. The van der Waals surface area contributed by atoms with Crippen LogP contribution in [0, 0.1) is 16.8 Å². The summed E-state index contributed by atoms with van der Waals surface area (Å²) in [4.78, 5) is 55.3. The Morgan fingerprint density at radius 2 is 1.72 bits per heavy atom. The molecule has 1 amide bonds. The van der Waals surface area contributed by atoms with E-state index in [9.17, 15) is 24.7 Å². The van der Waals surface area contributed by atoms with E-state index in [1.165, 1.54) is 19.3 Å². The van der Waals surface area contributed by atoms with Crippen LogP contribution in [0.2, 0.25) is 0 Å². The third kappa shape index (κ3) is 5.44. The highest BCUT2D eigenvalue weighted by Gasteiger charge is 2.41. The summed E-state index contributed by atoms with van der Waals surface area (Å²) in [6.45, 7) is 3.95. The Morgan fingerprint density at radius 1 is 1.04 bits per heavy atom. The zero-order valence-corrected chi connectivity index (χ0v) is 25.9. The van der Waals surface area contributed by atoms with E-state index in [1.54, 1.807) is 9.80 Å². The molecule has 12 nitrogen and oxygen atoms in total. The van der Waals surface area contributed by atoms with E-state index < -0.39 is 40.4 Å².